The second kappa shape index (κ2) is 9.17. The number of nitrogens with one attached hydrogen (secondary N) is 1. The minimum Gasteiger partial charge on any atom is -0.406 e. The number of carbonyl (C=O) groups is 1. The Kier molecular flexibility index (Phi) is 6.68. The minimum absolute atomic E-state index is 0.152. The molecule has 0 saturated heterocycles. The maximum Gasteiger partial charge on any atom is 0.573 e. The highest BCUT2D eigenvalue weighted by atomic mass is 32.1. The number of ether oxygens (including phenoxy) is 2. The smallest absolute Gasteiger partial charge is 0.406 e. The third-order valence-electron chi connectivity index (χ3n) is 3.87. The zero-order valence-corrected chi connectivity index (χ0v) is 17.8. The Balaban J connectivity index is 1.90. The molecule has 1 atom stereocenters. The molecule has 3 rings (SSSR count). The molecule has 1 aromatic carbocycles. The van der Waals surface area contributed by atoms with E-state index < -0.39 is 41.7 Å². The Morgan fingerprint density at radius 1 is 1.15 bits per heavy atom. The number of benzene rings is 1. The average Bonchev–Trinajstić information content (AvgIpc) is 3.31. The van der Waals surface area contributed by atoms with Gasteiger partial charge in [-0.3, -0.25) is 4.79 Å². The summed E-state index contributed by atoms with van der Waals surface area (Å²) in [6, 6.07) is 2.54. The second-order valence-corrected chi connectivity index (χ2v) is 7.54. The lowest BCUT2D eigenvalue weighted by molar-refractivity contribution is -0.276. The zero-order valence-electron chi connectivity index (χ0n) is 17.0. The largest absolute Gasteiger partial charge is 0.573 e. The summed E-state index contributed by atoms with van der Waals surface area (Å²) in [6.45, 7) is 3.01. The molecule has 2 heterocycles. The van der Waals surface area contributed by atoms with E-state index in [1.807, 2.05) is 6.07 Å². The summed E-state index contributed by atoms with van der Waals surface area (Å²) < 4.78 is 84.0. The number of alkyl halides is 6. The molecule has 180 valence electrons. The van der Waals surface area contributed by atoms with Gasteiger partial charge < -0.3 is 14.8 Å². The van der Waals surface area contributed by atoms with Gasteiger partial charge in [-0.1, -0.05) is 11.3 Å². The first-order valence-electron chi connectivity index (χ1n) is 9.01. The van der Waals surface area contributed by atoms with E-state index in [4.69, 9.17) is 5.26 Å². The Bertz CT molecular complexity index is 1210. The van der Waals surface area contributed by atoms with E-state index in [2.05, 4.69) is 29.9 Å². The van der Waals surface area contributed by atoms with Crippen molar-refractivity contribution >= 4 is 17.2 Å². The number of hydrogen-bond acceptors (Lipinski definition) is 8. The fourth-order valence-corrected chi connectivity index (χ4v) is 3.37. The first-order valence-corrected chi connectivity index (χ1v) is 9.83. The van der Waals surface area contributed by atoms with E-state index in [-0.39, 0.29) is 21.7 Å². The number of nitriles is 1. The molecule has 0 bridgehead atoms. The van der Waals surface area contributed by atoms with Crippen LogP contribution in [0.3, 0.4) is 0 Å². The van der Waals surface area contributed by atoms with Crippen molar-refractivity contribution in [2.45, 2.75) is 32.6 Å². The van der Waals surface area contributed by atoms with E-state index in [0.717, 1.165) is 11.3 Å². The number of carbonyl (C=O) groups excluding carboxylic acids is 1. The van der Waals surface area contributed by atoms with E-state index in [1.54, 1.807) is 6.92 Å². The number of rotatable bonds is 6. The fraction of sp³-hybridized carbons (Fsp3) is 0.278. The van der Waals surface area contributed by atoms with Gasteiger partial charge in [-0.2, -0.15) is 9.94 Å². The van der Waals surface area contributed by atoms with E-state index >= 15 is 0 Å². The van der Waals surface area contributed by atoms with Crippen LogP contribution in [0.1, 0.15) is 39.8 Å². The van der Waals surface area contributed by atoms with Crippen molar-refractivity contribution in [1.29, 1.82) is 5.26 Å². The molecule has 2 aromatic heterocycles. The normalized spacial score (nSPS) is 12.7. The van der Waals surface area contributed by atoms with Gasteiger partial charge in [0.05, 0.1) is 12.2 Å². The molecular weight excluding hydrogens is 494 g/mol. The first-order chi connectivity index (χ1) is 15.7. The Morgan fingerprint density at radius 2 is 1.74 bits per heavy atom. The predicted molar refractivity (Wildman–Crippen MR) is 102 cm³/mol. The number of hydrogen-bond donors (Lipinski definition) is 1. The van der Waals surface area contributed by atoms with Gasteiger partial charge in [0.15, 0.2) is 5.82 Å². The summed E-state index contributed by atoms with van der Waals surface area (Å²) in [5, 5.41) is 15.8. The quantitative estimate of drug-likeness (QED) is 0.499. The SMILES string of the molecule is Cc1nc([C@H](C)NC(=O)c2cc(OC(F)(F)F)cc(OC(F)(F)F)c2)n(-c2ncc(C#N)s2)n1. The number of nitrogens with zero attached hydrogens (tertiary/aromatic N) is 5. The monoisotopic (exact) mass is 506 g/mol. The summed E-state index contributed by atoms with van der Waals surface area (Å²) in [5.41, 5.74) is -0.600. The molecule has 1 N–H and O–H groups in total. The molecule has 0 spiro atoms. The molecule has 3 aromatic rings. The van der Waals surface area contributed by atoms with Crippen LogP contribution < -0.4 is 14.8 Å². The molecular formula is C18H12F6N6O3S. The number of aromatic nitrogens is 4. The summed E-state index contributed by atoms with van der Waals surface area (Å²) >= 11 is 0.990. The summed E-state index contributed by atoms with van der Waals surface area (Å²) in [4.78, 5) is 21.2. The van der Waals surface area contributed by atoms with E-state index in [9.17, 15) is 31.1 Å². The van der Waals surface area contributed by atoms with Crippen LogP contribution in [-0.2, 0) is 0 Å². The number of amides is 1. The van der Waals surface area contributed by atoms with Gasteiger partial charge in [0, 0.05) is 11.6 Å². The van der Waals surface area contributed by atoms with Crippen molar-refractivity contribution in [2.24, 2.45) is 0 Å². The molecule has 0 saturated carbocycles. The van der Waals surface area contributed by atoms with Crippen LogP contribution in [0.25, 0.3) is 5.13 Å². The van der Waals surface area contributed by atoms with Crippen molar-refractivity contribution in [2.75, 3.05) is 0 Å². The van der Waals surface area contributed by atoms with Crippen LogP contribution in [0.5, 0.6) is 11.5 Å². The average molecular weight is 506 g/mol. The second-order valence-electron chi connectivity index (χ2n) is 6.53. The predicted octanol–water partition coefficient (Wildman–Crippen LogP) is 4.19. The van der Waals surface area contributed by atoms with Crippen LogP contribution in [0.2, 0.25) is 0 Å². The fourth-order valence-electron chi connectivity index (χ4n) is 2.70. The summed E-state index contributed by atoms with van der Waals surface area (Å²) in [7, 11) is 0. The van der Waals surface area contributed by atoms with Crippen LogP contribution in [0, 0.1) is 18.3 Å². The topological polar surface area (TPSA) is 115 Å². The Labute approximate surface area is 190 Å². The molecule has 34 heavy (non-hydrogen) atoms. The van der Waals surface area contributed by atoms with Crippen LogP contribution in [0.15, 0.2) is 24.4 Å². The van der Waals surface area contributed by atoms with E-state index in [1.165, 1.54) is 17.8 Å². The van der Waals surface area contributed by atoms with Gasteiger partial charge in [0.25, 0.3) is 5.91 Å². The van der Waals surface area contributed by atoms with Gasteiger partial charge in [0.2, 0.25) is 5.13 Å². The third-order valence-corrected chi connectivity index (χ3v) is 4.74. The van der Waals surface area contributed by atoms with E-state index in [0.29, 0.717) is 18.2 Å². The van der Waals surface area contributed by atoms with Gasteiger partial charge in [0.1, 0.15) is 28.3 Å². The van der Waals surface area contributed by atoms with Crippen molar-refractivity contribution in [3.63, 3.8) is 0 Å². The highest BCUT2D eigenvalue weighted by Gasteiger charge is 2.34. The lowest BCUT2D eigenvalue weighted by Gasteiger charge is -2.16. The standard InChI is InChI=1S/C18H12F6N6O3S/c1-8(14-28-9(2)29-30(14)16-26-7-13(6-25)34-16)27-15(31)10-3-11(32-17(19,20)21)5-12(4-10)33-18(22,23)24/h3-5,7-8H,1-2H3,(H,27,31)/t8-/m0/s1. The van der Waals surface area contributed by atoms with Crippen LogP contribution in [0.4, 0.5) is 26.3 Å². The molecule has 0 unspecified atom stereocenters. The third kappa shape index (κ3) is 6.34. The van der Waals surface area contributed by atoms with Crippen LogP contribution in [-0.4, -0.2) is 38.4 Å². The maximum absolute atomic E-state index is 12.7. The molecule has 9 nitrogen and oxygen atoms in total. The van der Waals surface area contributed by atoms with Gasteiger partial charge in [-0.05, 0) is 26.0 Å². The Morgan fingerprint density at radius 3 is 2.24 bits per heavy atom. The molecule has 0 aliphatic heterocycles. The lowest BCUT2D eigenvalue weighted by Crippen LogP contribution is -2.29. The minimum atomic E-state index is -5.22. The highest BCUT2D eigenvalue weighted by Crippen LogP contribution is 2.31. The molecule has 16 heteroatoms. The van der Waals surface area contributed by atoms with Crippen molar-refractivity contribution in [1.82, 2.24) is 25.1 Å². The summed E-state index contributed by atoms with van der Waals surface area (Å²) in [5.74, 6) is -2.78. The molecule has 0 fully saturated rings. The van der Waals surface area contributed by atoms with Gasteiger partial charge in [-0.25, -0.2) is 9.97 Å². The van der Waals surface area contributed by atoms with Crippen molar-refractivity contribution in [3.05, 3.63) is 46.5 Å². The maximum atomic E-state index is 12.7. The zero-order chi connectivity index (χ0) is 25.3. The molecule has 0 aliphatic rings. The number of aryl methyl sites for hydroxylation is 1. The molecule has 0 radical (unpaired) electrons. The summed E-state index contributed by atoms with van der Waals surface area (Å²) in [6.07, 6.45) is -9.14. The van der Waals surface area contributed by atoms with Crippen LogP contribution >= 0.6 is 11.3 Å². The first kappa shape index (κ1) is 24.8. The Hall–Kier alpha value is -3.87. The van der Waals surface area contributed by atoms with Gasteiger partial charge in [-0.15, -0.1) is 31.4 Å². The molecule has 0 aliphatic carbocycles. The van der Waals surface area contributed by atoms with Crippen molar-refractivity contribution < 1.29 is 40.6 Å². The highest BCUT2D eigenvalue weighted by molar-refractivity contribution is 7.14. The molecule has 1 amide bonds. The number of halogens is 6. The van der Waals surface area contributed by atoms with Gasteiger partial charge >= 0.3 is 12.7 Å². The number of thiazole rings is 1. The lowest BCUT2D eigenvalue weighted by atomic mass is 10.1. The van der Waals surface area contributed by atoms with Crippen molar-refractivity contribution in [3.8, 4) is 22.7 Å².